The molecule has 1 aromatic heterocycles. The van der Waals surface area contributed by atoms with Gasteiger partial charge in [0.25, 0.3) is 12.3 Å². The van der Waals surface area contributed by atoms with Gasteiger partial charge in [0.15, 0.2) is 5.82 Å². The first kappa shape index (κ1) is 21.2. The van der Waals surface area contributed by atoms with Gasteiger partial charge in [-0.15, -0.1) is 0 Å². The highest BCUT2D eigenvalue weighted by Crippen LogP contribution is 2.17. The molecule has 9 heteroatoms. The molecular formula is C20H17F3IN3O2. The van der Waals surface area contributed by atoms with Gasteiger partial charge in [-0.2, -0.15) is 0 Å². The summed E-state index contributed by atoms with van der Waals surface area (Å²) >= 11 is 2.13. The highest BCUT2D eigenvalue weighted by Gasteiger charge is 2.20. The molecule has 0 fully saturated rings. The van der Waals surface area contributed by atoms with E-state index in [4.69, 9.17) is 4.74 Å². The van der Waals surface area contributed by atoms with Crippen molar-refractivity contribution in [3.63, 3.8) is 0 Å². The largest absolute Gasteiger partial charge is 0.491 e. The first-order valence-electron chi connectivity index (χ1n) is 8.66. The first-order valence-corrected chi connectivity index (χ1v) is 9.74. The van der Waals surface area contributed by atoms with Crippen molar-refractivity contribution in [3.05, 3.63) is 81.7 Å². The van der Waals surface area contributed by atoms with Crippen molar-refractivity contribution in [2.24, 2.45) is 0 Å². The van der Waals surface area contributed by atoms with Gasteiger partial charge in [-0.05, 0) is 71.1 Å². The molecule has 1 atom stereocenters. The van der Waals surface area contributed by atoms with Crippen molar-refractivity contribution >= 4 is 28.5 Å². The van der Waals surface area contributed by atoms with Crippen LogP contribution in [0.2, 0.25) is 0 Å². The lowest BCUT2D eigenvalue weighted by atomic mass is 10.2. The van der Waals surface area contributed by atoms with Crippen molar-refractivity contribution in [3.8, 4) is 5.75 Å². The molecule has 2 aromatic carbocycles. The number of alkyl halides is 2. The predicted octanol–water partition coefficient (Wildman–Crippen LogP) is 4.44. The number of nitrogens with one attached hydrogen (secondary N) is 1. The van der Waals surface area contributed by atoms with E-state index < -0.39 is 18.3 Å². The maximum atomic E-state index is 13.1. The molecule has 29 heavy (non-hydrogen) atoms. The van der Waals surface area contributed by atoms with Crippen LogP contribution in [-0.2, 0) is 6.54 Å². The summed E-state index contributed by atoms with van der Waals surface area (Å²) in [5.41, 5.74) is 0.442. The van der Waals surface area contributed by atoms with E-state index >= 15 is 0 Å². The van der Waals surface area contributed by atoms with E-state index in [1.807, 2.05) is 0 Å². The number of carbonyl (C=O) groups is 1. The van der Waals surface area contributed by atoms with Gasteiger partial charge in [-0.3, -0.25) is 4.79 Å². The Hall–Kier alpha value is -2.56. The lowest BCUT2D eigenvalue weighted by Crippen LogP contribution is -2.42. The standard InChI is InChI=1S/C20H17F3IN3O2/c21-14-3-7-17(8-4-14)29-12-16(11-27-10-9-25-19(27)18(22)23)26-20(28)13-1-5-15(24)6-2-13/h1-10,16,18H,11-12H2,(H,26,28). The number of hydrogen-bond donors (Lipinski definition) is 1. The molecule has 3 aromatic rings. The van der Waals surface area contributed by atoms with Gasteiger partial charge in [0.1, 0.15) is 18.2 Å². The number of rotatable bonds is 8. The highest BCUT2D eigenvalue weighted by atomic mass is 127. The molecule has 0 spiro atoms. The normalized spacial score (nSPS) is 12.0. The van der Waals surface area contributed by atoms with Crippen LogP contribution in [0.1, 0.15) is 22.6 Å². The van der Waals surface area contributed by atoms with Gasteiger partial charge >= 0.3 is 0 Å². The van der Waals surface area contributed by atoms with Crippen LogP contribution < -0.4 is 10.1 Å². The van der Waals surface area contributed by atoms with Gasteiger partial charge < -0.3 is 14.6 Å². The Bertz CT molecular complexity index is 946. The van der Waals surface area contributed by atoms with Crippen LogP contribution in [0, 0.1) is 9.39 Å². The topological polar surface area (TPSA) is 56.1 Å². The molecule has 0 aliphatic rings. The number of nitrogens with zero attached hydrogens (tertiary/aromatic N) is 2. The molecule has 5 nitrogen and oxygen atoms in total. The molecule has 152 valence electrons. The summed E-state index contributed by atoms with van der Waals surface area (Å²) < 4.78 is 47.2. The Morgan fingerprint density at radius 2 is 1.83 bits per heavy atom. The quantitative estimate of drug-likeness (QED) is 0.452. The minimum absolute atomic E-state index is 0.00258. The summed E-state index contributed by atoms with van der Waals surface area (Å²) in [7, 11) is 0. The van der Waals surface area contributed by atoms with E-state index in [1.54, 1.807) is 24.3 Å². The molecule has 0 aliphatic carbocycles. The molecule has 0 saturated heterocycles. The van der Waals surface area contributed by atoms with Crippen LogP contribution in [0.25, 0.3) is 0 Å². The molecule has 1 amide bonds. The molecular weight excluding hydrogens is 498 g/mol. The van der Waals surface area contributed by atoms with Gasteiger partial charge in [0.05, 0.1) is 6.04 Å². The maximum absolute atomic E-state index is 13.1. The number of imidazole rings is 1. The molecule has 3 rings (SSSR count). The number of carbonyl (C=O) groups excluding carboxylic acids is 1. The van der Waals surface area contributed by atoms with Gasteiger partial charge in [-0.1, -0.05) is 0 Å². The molecule has 0 saturated carbocycles. The Morgan fingerprint density at radius 1 is 1.14 bits per heavy atom. The first-order chi connectivity index (χ1) is 13.9. The molecule has 0 bridgehead atoms. The average Bonchev–Trinajstić information content (AvgIpc) is 3.16. The average molecular weight is 515 g/mol. The summed E-state index contributed by atoms with van der Waals surface area (Å²) in [4.78, 5) is 16.2. The van der Waals surface area contributed by atoms with Crippen LogP contribution in [0.4, 0.5) is 13.2 Å². The number of benzene rings is 2. The number of aromatic nitrogens is 2. The third kappa shape index (κ3) is 5.96. The summed E-state index contributed by atoms with van der Waals surface area (Å²) in [5, 5.41) is 2.80. The molecule has 1 N–H and O–H groups in total. The monoisotopic (exact) mass is 515 g/mol. The molecule has 1 unspecified atom stereocenters. The summed E-state index contributed by atoms with van der Waals surface area (Å²) in [6.07, 6.45) is -0.0420. The van der Waals surface area contributed by atoms with Crippen LogP contribution in [0.15, 0.2) is 60.9 Å². The summed E-state index contributed by atoms with van der Waals surface area (Å²) in [6.45, 7) is 0.0412. The fourth-order valence-electron chi connectivity index (χ4n) is 2.65. The van der Waals surface area contributed by atoms with Crippen molar-refractivity contribution in [2.45, 2.75) is 19.0 Å². The fraction of sp³-hybridized carbons (Fsp3) is 0.200. The van der Waals surface area contributed by atoms with Crippen molar-refractivity contribution in [1.82, 2.24) is 14.9 Å². The second-order valence-corrected chi connectivity index (χ2v) is 7.43. The van der Waals surface area contributed by atoms with Crippen molar-refractivity contribution in [2.75, 3.05) is 6.61 Å². The lowest BCUT2D eigenvalue weighted by molar-refractivity contribution is 0.0912. The van der Waals surface area contributed by atoms with Crippen molar-refractivity contribution < 1.29 is 22.7 Å². The van der Waals surface area contributed by atoms with Gasteiger partial charge in [-0.25, -0.2) is 18.2 Å². The van der Waals surface area contributed by atoms with Crippen LogP contribution >= 0.6 is 22.6 Å². The Morgan fingerprint density at radius 3 is 2.48 bits per heavy atom. The molecule has 0 radical (unpaired) electrons. The van der Waals surface area contributed by atoms with E-state index in [9.17, 15) is 18.0 Å². The molecule has 1 heterocycles. The van der Waals surface area contributed by atoms with Crippen LogP contribution in [-0.4, -0.2) is 28.1 Å². The second kappa shape index (κ2) is 9.77. The van der Waals surface area contributed by atoms with E-state index in [0.717, 1.165) is 3.57 Å². The number of amides is 1. The van der Waals surface area contributed by atoms with E-state index in [1.165, 1.54) is 41.2 Å². The minimum Gasteiger partial charge on any atom is -0.491 e. The smallest absolute Gasteiger partial charge is 0.295 e. The zero-order chi connectivity index (χ0) is 20.8. The lowest BCUT2D eigenvalue weighted by Gasteiger charge is -2.21. The number of hydrogen-bond acceptors (Lipinski definition) is 3. The van der Waals surface area contributed by atoms with Crippen LogP contribution in [0.5, 0.6) is 5.75 Å². The zero-order valence-corrected chi connectivity index (χ0v) is 17.2. The Kier molecular flexibility index (Phi) is 7.13. The maximum Gasteiger partial charge on any atom is 0.295 e. The third-order valence-corrected chi connectivity index (χ3v) is 4.79. The SMILES string of the molecule is O=C(NC(COc1ccc(F)cc1)Cn1ccnc1C(F)F)c1ccc(I)cc1. The number of halogens is 4. The van der Waals surface area contributed by atoms with E-state index in [-0.39, 0.29) is 24.9 Å². The highest BCUT2D eigenvalue weighted by molar-refractivity contribution is 14.1. The second-order valence-electron chi connectivity index (χ2n) is 6.18. The van der Waals surface area contributed by atoms with Gasteiger partial charge in [0.2, 0.25) is 0 Å². The summed E-state index contributed by atoms with van der Waals surface area (Å²) in [6, 6.07) is 11.7. The Balaban J connectivity index is 1.74. The van der Waals surface area contributed by atoms with Crippen LogP contribution in [0.3, 0.4) is 0 Å². The predicted molar refractivity (Wildman–Crippen MR) is 109 cm³/mol. The zero-order valence-electron chi connectivity index (χ0n) is 15.1. The van der Waals surface area contributed by atoms with E-state index in [2.05, 4.69) is 32.9 Å². The summed E-state index contributed by atoms with van der Waals surface area (Å²) in [5.74, 6) is -0.742. The minimum atomic E-state index is -2.74. The van der Waals surface area contributed by atoms with Crippen molar-refractivity contribution in [1.29, 1.82) is 0 Å². The van der Waals surface area contributed by atoms with Gasteiger partial charge in [0, 0.05) is 28.1 Å². The third-order valence-electron chi connectivity index (χ3n) is 4.07. The number of ether oxygens (including phenoxy) is 1. The fourth-order valence-corrected chi connectivity index (χ4v) is 3.01. The Labute approximate surface area is 179 Å². The molecule has 0 aliphatic heterocycles. The van der Waals surface area contributed by atoms with E-state index in [0.29, 0.717) is 11.3 Å².